The van der Waals surface area contributed by atoms with E-state index < -0.39 is 5.97 Å². The van der Waals surface area contributed by atoms with E-state index in [1.54, 1.807) is 38.2 Å². The lowest BCUT2D eigenvalue weighted by Gasteiger charge is -2.09. The van der Waals surface area contributed by atoms with E-state index in [9.17, 15) is 9.90 Å². The molecule has 0 fully saturated rings. The summed E-state index contributed by atoms with van der Waals surface area (Å²) in [5.41, 5.74) is 1.91. The maximum Gasteiger partial charge on any atom is 0.338 e. The first-order valence-corrected chi connectivity index (χ1v) is 6.59. The maximum absolute atomic E-state index is 11.4. The number of pyridine rings is 2. The molecule has 2 aromatic heterocycles. The van der Waals surface area contributed by atoms with Crippen molar-refractivity contribution in [1.82, 2.24) is 9.97 Å². The van der Waals surface area contributed by atoms with Crippen LogP contribution in [0.1, 0.15) is 27.2 Å². The minimum absolute atomic E-state index is 0.148. The van der Waals surface area contributed by atoms with Gasteiger partial charge in [0.05, 0.1) is 11.1 Å². The molecular formula is C14H11N3O2S. The van der Waals surface area contributed by atoms with Crippen molar-refractivity contribution in [3.63, 3.8) is 0 Å². The highest BCUT2D eigenvalue weighted by Gasteiger charge is 2.18. The van der Waals surface area contributed by atoms with Crippen LogP contribution in [0.2, 0.25) is 0 Å². The van der Waals surface area contributed by atoms with E-state index in [1.807, 2.05) is 6.07 Å². The Balaban J connectivity index is 2.54. The molecule has 0 amide bonds. The lowest BCUT2D eigenvalue weighted by atomic mass is 10.1. The van der Waals surface area contributed by atoms with Gasteiger partial charge in [-0.25, -0.2) is 14.8 Å². The van der Waals surface area contributed by atoms with Crippen molar-refractivity contribution in [3.8, 4) is 6.07 Å². The number of aromatic carboxylic acids is 1. The number of nitrogens with zero attached hydrogens (tertiary/aromatic N) is 3. The standard InChI is InChI=1S/C14H11N3O2S/c1-8-6-9(2)17-13(11(8)14(18)19)20-12-10(7-15)4-3-5-16-12/h3-6H,1-2H3,(H,18,19). The van der Waals surface area contributed by atoms with Gasteiger partial charge in [0, 0.05) is 11.9 Å². The fourth-order valence-corrected chi connectivity index (χ4v) is 2.85. The summed E-state index contributed by atoms with van der Waals surface area (Å²) in [6.07, 6.45) is 1.56. The molecule has 1 N–H and O–H groups in total. The molecule has 0 saturated carbocycles. The van der Waals surface area contributed by atoms with Crippen molar-refractivity contribution < 1.29 is 9.90 Å². The Labute approximate surface area is 120 Å². The quantitative estimate of drug-likeness (QED) is 0.933. The summed E-state index contributed by atoms with van der Waals surface area (Å²) in [5.74, 6) is -1.04. The number of aromatic nitrogens is 2. The van der Waals surface area contributed by atoms with Crippen molar-refractivity contribution in [1.29, 1.82) is 5.26 Å². The Morgan fingerprint density at radius 2 is 2.15 bits per heavy atom. The number of hydrogen-bond donors (Lipinski definition) is 1. The largest absolute Gasteiger partial charge is 0.478 e. The van der Waals surface area contributed by atoms with Crippen LogP contribution < -0.4 is 0 Å². The summed E-state index contributed by atoms with van der Waals surface area (Å²) < 4.78 is 0. The van der Waals surface area contributed by atoms with E-state index >= 15 is 0 Å². The summed E-state index contributed by atoms with van der Waals surface area (Å²) in [7, 11) is 0. The lowest BCUT2D eigenvalue weighted by molar-refractivity contribution is 0.0691. The third-order valence-corrected chi connectivity index (χ3v) is 3.62. The molecule has 20 heavy (non-hydrogen) atoms. The van der Waals surface area contributed by atoms with Crippen LogP contribution in [0.4, 0.5) is 0 Å². The average molecular weight is 285 g/mol. The molecule has 0 atom stereocenters. The Kier molecular flexibility index (Phi) is 4.01. The topological polar surface area (TPSA) is 86.9 Å². The van der Waals surface area contributed by atoms with Gasteiger partial charge in [0.15, 0.2) is 0 Å². The van der Waals surface area contributed by atoms with E-state index in [-0.39, 0.29) is 5.56 Å². The van der Waals surface area contributed by atoms with Crippen LogP contribution in [0, 0.1) is 25.2 Å². The lowest BCUT2D eigenvalue weighted by Crippen LogP contribution is -2.05. The third-order valence-electron chi connectivity index (χ3n) is 2.61. The Bertz CT molecular complexity index is 723. The molecule has 0 saturated heterocycles. The van der Waals surface area contributed by atoms with Gasteiger partial charge in [0.1, 0.15) is 16.1 Å². The van der Waals surface area contributed by atoms with Crippen molar-refractivity contribution in [2.24, 2.45) is 0 Å². The van der Waals surface area contributed by atoms with E-state index in [4.69, 9.17) is 5.26 Å². The molecule has 0 aliphatic rings. The molecule has 0 spiro atoms. The van der Waals surface area contributed by atoms with Gasteiger partial charge in [0.25, 0.3) is 0 Å². The average Bonchev–Trinajstić information content (AvgIpc) is 2.38. The van der Waals surface area contributed by atoms with E-state index in [1.165, 1.54) is 0 Å². The van der Waals surface area contributed by atoms with Crippen LogP contribution in [0.5, 0.6) is 0 Å². The minimum atomic E-state index is -1.04. The molecule has 2 aromatic rings. The number of carbonyl (C=O) groups is 1. The van der Waals surface area contributed by atoms with Gasteiger partial charge in [0.2, 0.25) is 0 Å². The summed E-state index contributed by atoms with van der Waals surface area (Å²) in [6.45, 7) is 3.53. The fourth-order valence-electron chi connectivity index (χ4n) is 1.79. The molecule has 0 aromatic carbocycles. The smallest absolute Gasteiger partial charge is 0.338 e. The first kappa shape index (κ1) is 14.0. The van der Waals surface area contributed by atoms with Crippen LogP contribution in [0.15, 0.2) is 34.4 Å². The normalized spacial score (nSPS) is 10.1. The maximum atomic E-state index is 11.4. The Morgan fingerprint density at radius 3 is 2.80 bits per heavy atom. The van der Waals surface area contributed by atoms with Crippen LogP contribution in [0.3, 0.4) is 0 Å². The highest BCUT2D eigenvalue weighted by Crippen LogP contribution is 2.31. The van der Waals surface area contributed by atoms with Gasteiger partial charge < -0.3 is 5.11 Å². The summed E-state index contributed by atoms with van der Waals surface area (Å²) in [5, 5.41) is 19.2. The SMILES string of the molecule is Cc1cc(C)c(C(=O)O)c(Sc2ncccc2C#N)n1. The first-order chi connectivity index (χ1) is 9.52. The predicted molar refractivity (Wildman–Crippen MR) is 73.7 cm³/mol. The van der Waals surface area contributed by atoms with Crippen molar-refractivity contribution in [2.45, 2.75) is 23.9 Å². The van der Waals surface area contributed by atoms with E-state index in [2.05, 4.69) is 9.97 Å². The van der Waals surface area contributed by atoms with E-state index in [0.717, 1.165) is 17.5 Å². The number of rotatable bonds is 3. The number of hydrogen-bond acceptors (Lipinski definition) is 5. The second kappa shape index (κ2) is 5.72. The fraction of sp³-hybridized carbons (Fsp3) is 0.143. The van der Waals surface area contributed by atoms with Crippen LogP contribution in [0.25, 0.3) is 0 Å². The Hall–Kier alpha value is -2.39. The minimum Gasteiger partial charge on any atom is -0.478 e. The van der Waals surface area contributed by atoms with Gasteiger partial charge in [-0.1, -0.05) is 0 Å². The molecular weight excluding hydrogens is 274 g/mol. The van der Waals surface area contributed by atoms with Crippen LogP contribution in [-0.4, -0.2) is 21.0 Å². The first-order valence-electron chi connectivity index (χ1n) is 5.77. The highest BCUT2D eigenvalue weighted by atomic mass is 32.2. The van der Waals surface area contributed by atoms with Gasteiger partial charge in [-0.3, -0.25) is 0 Å². The summed E-state index contributed by atoms with van der Waals surface area (Å²) in [6, 6.07) is 7.05. The van der Waals surface area contributed by atoms with Crippen molar-refractivity contribution in [3.05, 3.63) is 46.8 Å². The van der Waals surface area contributed by atoms with Crippen LogP contribution in [-0.2, 0) is 0 Å². The van der Waals surface area contributed by atoms with Crippen LogP contribution >= 0.6 is 11.8 Å². The van der Waals surface area contributed by atoms with Gasteiger partial charge in [-0.15, -0.1) is 0 Å². The number of aryl methyl sites for hydroxylation is 2. The van der Waals surface area contributed by atoms with Gasteiger partial charge in [-0.05, 0) is 49.4 Å². The molecule has 2 heterocycles. The molecule has 0 aliphatic carbocycles. The summed E-state index contributed by atoms with van der Waals surface area (Å²) >= 11 is 1.10. The Morgan fingerprint density at radius 1 is 1.40 bits per heavy atom. The second-order valence-electron chi connectivity index (χ2n) is 4.14. The molecule has 100 valence electrons. The second-order valence-corrected chi connectivity index (χ2v) is 5.11. The molecule has 0 radical (unpaired) electrons. The predicted octanol–water partition coefficient (Wildman–Crippen LogP) is 2.81. The molecule has 2 rings (SSSR count). The monoisotopic (exact) mass is 285 g/mol. The molecule has 0 bridgehead atoms. The number of nitriles is 1. The zero-order valence-electron chi connectivity index (χ0n) is 10.9. The zero-order valence-corrected chi connectivity index (χ0v) is 11.7. The van der Waals surface area contributed by atoms with Gasteiger partial charge in [-0.2, -0.15) is 5.26 Å². The van der Waals surface area contributed by atoms with Crippen molar-refractivity contribution >= 4 is 17.7 Å². The van der Waals surface area contributed by atoms with E-state index in [0.29, 0.717) is 21.2 Å². The number of carboxylic acid groups (broad SMARTS) is 1. The summed E-state index contributed by atoms with van der Waals surface area (Å²) in [4.78, 5) is 19.7. The molecule has 0 unspecified atom stereocenters. The molecule has 0 aliphatic heterocycles. The molecule has 6 heteroatoms. The zero-order chi connectivity index (χ0) is 14.7. The third kappa shape index (κ3) is 2.78. The molecule has 5 nitrogen and oxygen atoms in total. The van der Waals surface area contributed by atoms with Gasteiger partial charge >= 0.3 is 5.97 Å². The highest BCUT2D eigenvalue weighted by molar-refractivity contribution is 7.99. The van der Waals surface area contributed by atoms with Crippen molar-refractivity contribution in [2.75, 3.05) is 0 Å². The number of carboxylic acids is 1.